The van der Waals surface area contributed by atoms with Crippen LogP contribution in [-0.2, 0) is 19.1 Å². The van der Waals surface area contributed by atoms with Gasteiger partial charge in [-0.1, -0.05) is 19.1 Å². The van der Waals surface area contributed by atoms with Crippen LogP contribution >= 0.6 is 0 Å². The quantitative estimate of drug-likeness (QED) is 0.450. The van der Waals surface area contributed by atoms with Crippen LogP contribution < -0.4 is 10.9 Å². The minimum Gasteiger partial charge on any atom is -0.468 e. The van der Waals surface area contributed by atoms with Crippen molar-refractivity contribution in [3.05, 3.63) is 34.6 Å². The summed E-state index contributed by atoms with van der Waals surface area (Å²) in [5, 5.41) is 3.21. The molecule has 33 heavy (non-hydrogen) atoms. The van der Waals surface area contributed by atoms with Crippen LogP contribution in [0.2, 0.25) is 0 Å². The summed E-state index contributed by atoms with van der Waals surface area (Å²) in [5.74, 6) is 0.469. The number of nitrogens with zero attached hydrogens (tertiary/aromatic N) is 3. The number of hydrogen-bond donors (Lipinski definition) is 1. The summed E-state index contributed by atoms with van der Waals surface area (Å²) in [4.78, 5) is 40.9. The van der Waals surface area contributed by atoms with Gasteiger partial charge < -0.3 is 24.3 Å². The summed E-state index contributed by atoms with van der Waals surface area (Å²) < 4.78 is 11.1. The highest BCUT2D eigenvalue weighted by Gasteiger charge is 2.35. The Balaban J connectivity index is 0.000000696. The number of aromatic nitrogens is 2. The molecule has 0 aliphatic carbocycles. The smallest absolute Gasteiger partial charge is 0.310 e. The van der Waals surface area contributed by atoms with Gasteiger partial charge in [0.15, 0.2) is 5.82 Å². The molecule has 0 bridgehead atoms. The van der Waals surface area contributed by atoms with E-state index in [1.165, 1.54) is 0 Å². The van der Waals surface area contributed by atoms with E-state index < -0.39 is 0 Å². The topological polar surface area (TPSA) is 103 Å². The van der Waals surface area contributed by atoms with E-state index in [1.807, 2.05) is 45.0 Å². The predicted molar refractivity (Wildman–Crippen MR) is 128 cm³/mol. The Morgan fingerprint density at radius 3 is 2.58 bits per heavy atom. The zero-order valence-corrected chi connectivity index (χ0v) is 20.2. The first-order valence-electron chi connectivity index (χ1n) is 11.5. The van der Waals surface area contributed by atoms with Gasteiger partial charge in [0.05, 0.1) is 30.2 Å². The number of anilines is 1. The van der Waals surface area contributed by atoms with Crippen LogP contribution in [0.25, 0.3) is 11.0 Å². The molecule has 9 nitrogen and oxygen atoms in total. The summed E-state index contributed by atoms with van der Waals surface area (Å²) in [6, 6.07) is 7.74. The first-order valence-corrected chi connectivity index (χ1v) is 11.5. The van der Waals surface area contributed by atoms with Gasteiger partial charge in [0.2, 0.25) is 0 Å². The highest BCUT2D eigenvalue weighted by molar-refractivity contribution is 5.76. The maximum absolute atomic E-state index is 12.9. The number of benzene rings is 1. The number of rotatable bonds is 9. The molecule has 2 unspecified atom stereocenters. The van der Waals surface area contributed by atoms with Gasteiger partial charge >= 0.3 is 5.97 Å². The normalized spacial score (nSPS) is 18.0. The third kappa shape index (κ3) is 7.02. The fourth-order valence-corrected chi connectivity index (χ4v) is 3.99. The Morgan fingerprint density at radius 2 is 1.97 bits per heavy atom. The van der Waals surface area contributed by atoms with Gasteiger partial charge in [-0.05, 0) is 45.7 Å². The van der Waals surface area contributed by atoms with Gasteiger partial charge in [-0.3, -0.25) is 14.4 Å². The summed E-state index contributed by atoms with van der Waals surface area (Å²) in [6.07, 6.45) is 0. The van der Waals surface area contributed by atoms with Crippen molar-refractivity contribution in [3.63, 3.8) is 0 Å². The van der Waals surface area contributed by atoms with Crippen LogP contribution in [0.3, 0.4) is 0 Å². The molecule has 1 fully saturated rings. The number of fused-ring (bicyclic) bond motifs is 1. The molecule has 0 amide bonds. The Labute approximate surface area is 195 Å². The van der Waals surface area contributed by atoms with E-state index in [9.17, 15) is 14.4 Å². The molecule has 182 valence electrons. The molecule has 1 saturated heterocycles. The van der Waals surface area contributed by atoms with Gasteiger partial charge in [-0.2, -0.15) is 0 Å². The minimum atomic E-state index is -0.110. The second-order valence-electron chi connectivity index (χ2n) is 8.29. The molecular weight excluding hydrogens is 424 g/mol. The van der Waals surface area contributed by atoms with Gasteiger partial charge in [-0.15, -0.1) is 0 Å². The number of hydrogen-bond acceptors (Lipinski definition) is 8. The number of likely N-dealkylation sites (tertiary alicyclic amines) is 1. The zero-order chi connectivity index (χ0) is 24.4. The first-order chi connectivity index (χ1) is 15.8. The number of nitrogens with one attached hydrogen (secondary N) is 1. The molecular formula is C24H36N4O5. The third-order valence-electron chi connectivity index (χ3n) is 5.54. The van der Waals surface area contributed by atoms with Crippen LogP contribution in [-0.4, -0.2) is 66.3 Å². The van der Waals surface area contributed by atoms with Crippen LogP contribution in [0.5, 0.6) is 0 Å². The van der Waals surface area contributed by atoms with Gasteiger partial charge in [0.1, 0.15) is 0 Å². The van der Waals surface area contributed by atoms with E-state index in [0.717, 1.165) is 24.1 Å². The van der Waals surface area contributed by atoms with Crippen molar-refractivity contribution in [2.24, 2.45) is 11.8 Å². The van der Waals surface area contributed by atoms with Crippen molar-refractivity contribution in [2.75, 3.05) is 44.7 Å². The van der Waals surface area contributed by atoms with Gasteiger partial charge in [0, 0.05) is 32.2 Å². The highest BCUT2D eigenvalue weighted by atomic mass is 16.5. The number of para-hydroxylation sites is 2. The van der Waals surface area contributed by atoms with Crippen molar-refractivity contribution in [1.29, 1.82) is 0 Å². The number of carbonyl (C=O) groups is 2. The maximum atomic E-state index is 12.9. The monoisotopic (exact) mass is 460 g/mol. The van der Waals surface area contributed by atoms with Gasteiger partial charge in [-0.25, -0.2) is 4.98 Å². The summed E-state index contributed by atoms with van der Waals surface area (Å²) in [7, 11) is 0. The molecule has 2 aromatic rings. The summed E-state index contributed by atoms with van der Waals surface area (Å²) in [6.45, 7) is 13.9. The van der Waals surface area contributed by atoms with E-state index in [-0.39, 0.29) is 29.4 Å². The van der Waals surface area contributed by atoms with E-state index >= 15 is 0 Å². The molecule has 0 spiro atoms. The molecule has 1 aromatic carbocycles. The molecule has 0 saturated carbocycles. The molecule has 3 rings (SSSR count). The first kappa shape index (κ1) is 26.3. The molecule has 2 atom stereocenters. The van der Waals surface area contributed by atoms with Crippen molar-refractivity contribution in [3.8, 4) is 0 Å². The van der Waals surface area contributed by atoms with Crippen molar-refractivity contribution < 1.29 is 19.1 Å². The molecule has 0 radical (unpaired) electrons. The Bertz CT molecular complexity index is 975. The van der Waals surface area contributed by atoms with E-state index in [2.05, 4.69) is 26.9 Å². The number of carbonyl (C=O) groups excluding carboxylic acids is 2. The Hall–Kier alpha value is -2.94. The number of esters is 1. The Kier molecular flexibility index (Phi) is 10.3. The molecule has 2 heterocycles. The van der Waals surface area contributed by atoms with Crippen molar-refractivity contribution in [1.82, 2.24) is 14.5 Å². The fourth-order valence-electron chi connectivity index (χ4n) is 3.99. The maximum Gasteiger partial charge on any atom is 0.310 e. The zero-order valence-electron chi connectivity index (χ0n) is 20.2. The highest BCUT2D eigenvalue weighted by Crippen LogP contribution is 2.24. The number of ether oxygens (including phenoxy) is 2. The largest absolute Gasteiger partial charge is 0.468 e. The third-order valence-corrected chi connectivity index (χ3v) is 5.54. The van der Waals surface area contributed by atoms with Crippen molar-refractivity contribution >= 4 is 29.3 Å². The molecule has 1 aliphatic heterocycles. The molecule has 1 N–H and O–H groups in total. The lowest BCUT2D eigenvalue weighted by Gasteiger charge is -2.18. The lowest BCUT2D eigenvalue weighted by Crippen LogP contribution is -2.32. The van der Waals surface area contributed by atoms with Crippen LogP contribution in [0.15, 0.2) is 29.1 Å². The lowest BCUT2D eigenvalue weighted by atomic mass is 9.99. The van der Waals surface area contributed by atoms with Gasteiger partial charge in [0.25, 0.3) is 12.0 Å². The van der Waals surface area contributed by atoms with Crippen molar-refractivity contribution in [2.45, 2.75) is 40.7 Å². The Morgan fingerprint density at radius 1 is 1.24 bits per heavy atom. The van der Waals surface area contributed by atoms with Crippen LogP contribution in [0.1, 0.15) is 40.7 Å². The van der Waals surface area contributed by atoms with E-state index in [4.69, 9.17) is 4.74 Å². The summed E-state index contributed by atoms with van der Waals surface area (Å²) >= 11 is 0. The second kappa shape index (κ2) is 12.9. The SMILES string of the molecule is CCOC(=O)C1CN(CCNc2nc3ccccc3n(C(C)C)c2=O)CC1C.CCOC=O. The van der Waals surface area contributed by atoms with E-state index in [0.29, 0.717) is 38.6 Å². The predicted octanol–water partition coefficient (Wildman–Crippen LogP) is 2.70. The van der Waals surface area contributed by atoms with E-state index in [1.54, 1.807) is 11.5 Å². The second-order valence-corrected chi connectivity index (χ2v) is 8.29. The van der Waals surface area contributed by atoms with Crippen LogP contribution in [0.4, 0.5) is 5.82 Å². The lowest BCUT2D eigenvalue weighted by molar-refractivity contribution is -0.148. The molecule has 1 aromatic heterocycles. The summed E-state index contributed by atoms with van der Waals surface area (Å²) in [5.41, 5.74) is 1.54. The average Bonchev–Trinajstić information content (AvgIpc) is 3.15. The standard InChI is InChI=1S/C21H30N4O3.C3H6O2/c1-5-28-21(27)16-13-24(12-15(16)4)11-10-22-19-20(26)25(14(2)3)18-9-7-6-8-17(18)23-19;1-2-5-3-4/h6-9,14-16H,5,10-13H2,1-4H3,(H,22,23);3H,2H2,1H3. The molecule has 9 heteroatoms. The minimum absolute atomic E-state index is 0.0470. The fraction of sp³-hybridized carbons (Fsp3) is 0.583. The van der Waals surface area contributed by atoms with Crippen LogP contribution in [0, 0.1) is 11.8 Å². The molecule has 1 aliphatic rings. The average molecular weight is 461 g/mol.